The first-order chi connectivity index (χ1) is 7.41. The summed E-state index contributed by atoms with van der Waals surface area (Å²) >= 11 is 11.9. The molecule has 0 atom stereocenters. The van der Waals surface area contributed by atoms with Crippen LogP contribution in [0.15, 0.2) is 12.1 Å². The molecule has 0 aliphatic rings. The van der Waals surface area contributed by atoms with Gasteiger partial charge in [-0.15, -0.1) is 0 Å². The summed E-state index contributed by atoms with van der Waals surface area (Å²) in [6.45, 7) is 6.07. The van der Waals surface area contributed by atoms with Crippen LogP contribution < -0.4 is 5.32 Å². The van der Waals surface area contributed by atoms with Gasteiger partial charge < -0.3 is 5.32 Å². The number of hydrogen-bond acceptors (Lipinski definition) is 1. The van der Waals surface area contributed by atoms with Crippen molar-refractivity contribution in [1.29, 1.82) is 0 Å². The molecule has 1 amide bonds. The van der Waals surface area contributed by atoms with Gasteiger partial charge in [0, 0.05) is 22.5 Å². The van der Waals surface area contributed by atoms with Gasteiger partial charge in [0.25, 0.3) is 0 Å². The van der Waals surface area contributed by atoms with Gasteiger partial charge in [0.2, 0.25) is 5.91 Å². The van der Waals surface area contributed by atoms with Crippen molar-refractivity contribution in [2.45, 2.75) is 27.3 Å². The summed E-state index contributed by atoms with van der Waals surface area (Å²) in [5, 5.41) is 4.04. The van der Waals surface area contributed by atoms with Crippen LogP contribution in [-0.2, 0) is 11.3 Å². The Morgan fingerprint density at radius 1 is 1.38 bits per heavy atom. The van der Waals surface area contributed by atoms with E-state index < -0.39 is 0 Å². The molecule has 16 heavy (non-hydrogen) atoms. The topological polar surface area (TPSA) is 29.1 Å². The van der Waals surface area contributed by atoms with Crippen molar-refractivity contribution in [1.82, 2.24) is 5.32 Å². The number of nitrogens with one attached hydrogen (secondary N) is 1. The van der Waals surface area contributed by atoms with Crippen LogP contribution in [0.2, 0.25) is 10.0 Å². The number of aryl methyl sites for hydroxylation is 1. The molecule has 0 aromatic heterocycles. The summed E-state index contributed by atoms with van der Waals surface area (Å²) in [5.74, 6) is -0.00296. The Bertz CT molecular complexity index is 379. The average molecular weight is 260 g/mol. The fraction of sp³-hybridized carbons (Fsp3) is 0.417. The first kappa shape index (κ1) is 13.3. The molecule has 4 heteroatoms. The van der Waals surface area contributed by atoms with Gasteiger partial charge >= 0.3 is 0 Å². The Morgan fingerprint density at radius 2 is 2.00 bits per heavy atom. The lowest BCUT2D eigenvalue weighted by Gasteiger charge is -2.11. The Kier molecular flexibility index (Phi) is 4.63. The van der Waals surface area contributed by atoms with E-state index >= 15 is 0 Å². The lowest BCUT2D eigenvalue weighted by Crippen LogP contribution is -2.27. The molecule has 1 aromatic rings. The minimum atomic E-state index is -0.0219. The number of hydrogen-bond donors (Lipinski definition) is 1. The maximum atomic E-state index is 11.4. The molecule has 2 nitrogen and oxygen atoms in total. The van der Waals surface area contributed by atoms with Crippen LogP contribution in [0.3, 0.4) is 0 Å². The Labute approximate surface area is 106 Å². The second-order valence-electron chi connectivity index (χ2n) is 4.06. The molecule has 0 heterocycles. The molecule has 0 aliphatic heterocycles. The zero-order valence-corrected chi connectivity index (χ0v) is 11.1. The van der Waals surface area contributed by atoms with E-state index in [1.54, 1.807) is 6.07 Å². The van der Waals surface area contributed by atoms with E-state index in [4.69, 9.17) is 23.2 Å². The van der Waals surface area contributed by atoms with E-state index in [2.05, 4.69) is 5.32 Å². The summed E-state index contributed by atoms with van der Waals surface area (Å²) in [5.41, 5.74) is 1.90. The molecule has 0 fully saturated rings. The highest BCUT2D eigenvalue weighted by atomic mass is 35.5. The fourth-order valence-electron chi connectivity index (χ4n) is 1.34. The van der Waals surface area contributed by atoms with E-state index in [1.807, 2.05) is 26.8 Å². The summed E-state index contributed by atoms with van der Waals surface area (Å²) in [6.07, 6.45) is 0. The molecule has 0 aliphatic carbocycles. The van der Waals surface area contributed by atoms with Crippen LogP contribution in [0.5, 0.6) is 0 Å². The third-order valence-electron chi connectivity index (χ3n) is 2.35. The van der Waals surface area contributed by atoms with Gasteiger partial charge in [-0.2, -0.15) is 0 Å². The lowest BCUT2D eigenvalue weighted by molar-refractivity contribution is -0.124. The van der Waals surface area contributed by atoms with E-state index in [1.165, 1.54) is 0 Å². The van der Waals surface area contributed by atoms with E-state index in [0.29, 0.717) is 16.6 Å². The normalized spacial score (nSPS) is 10.6. The van der Waals surface area contributed by atoms with Crippen LogP contribution in [0.25, 0.3) is 0 Å². The average Bonchev–Trinajstić information content (AvgIpc) is 2.15. The second-order valence-corrected chi connectivity index (χ2v) is 4.90. The summed E-state index contributed by atoms with van der Waals surface area (Å²) in [7, 11) is 0. The number of rotatable bonds is 3. The minimum Gasteiger partial charge on any atom is -0.352 e. The third-order valence-corrected chi connectivity index (χ3v) is 2.90. The SMILES string of the molecule is Cc1cc(Cl)cc(Cl)c1CNC(=O)C(C)C. The first-order valence-corrected chi connectivity index (χ1v) is 5.89. The van der Waals surface area contributed by atoms with Crippen molar-refractivity contribution in [2.24, 2.45) is 5.92 Å². The largest absolute Gasteiger partial charge is 0.352 e. The molecule has 88 valence electrons. The first-order valence-electron chi connectivity index (χ1n) is 5.14. The highest BCUT2D eigenvalue weighted by molar-refractivity contribution is 6.35. The van der Waals surface area contributed by atoms with Crippen molar-refractivity contribution in [2.75, 3.05) is 0 Å². The lowest BCUT2D eigenvalue weighted by atomic mass is 10.1. The number of benzene rings is 1. The second kappa shape index (κ2) is 5.55. The fourth-order valence-corrected chi connectivity index (χ4v) is 2.00. The van der Waals surface area contributed by atoms with Gasteiger partial charge in [-0.05, 0) is 30.2 Å². The van der Waals surface area contributed by atoms with Crippen molar-refractivity contribution >= 4 is 29.1 Å². The van der Waals surface area contributed by atoms with Crippen LogP contribution >= 0.6 is 23.2 Å². The zero-order chi connectivity index (χ0) is 12.3. The van der Waals surface area contributed by atoms with Crippen LogP contribution in [0.4, 0.5) is 0 Å². The Balaban J connectivity index is 2.78. The van der Waals surface area contributed by atoms with E-state index in [-0.39, 0.29) is 11.8 Å². The molecule has 0 saturated carbocycles. The monoisotopic (exact) mass is 259 g/mol. The quantitative estimate of drug-likeness (QED) is 0.884. The highest BCUT2D eigenvalue weighted by Gasteiger charge is 2.10. The van der Waals surface area contributed by atoms with Crippen molar-refractivity contribution < 1.29 is 4.79 Å². The van der Waals surface area contributed by atoms with Crippen molar-refractivity contribution in [3.8, 4) is 0 Å². The number of carbonyl (C=O) groups is 1. The smallest absolute Gasteiger partial charge is 0.222 e. The molecule has 0 unspecified atom stereocenters. The Hall–Kier alpha value is -0.730. The standard InChI is InChI=1S/C12H15Cl2NO/c1-7(2)12(16)15-6-10-8(3)4-9(13)5-11(10)14/h4-5,7H,6H2,1-3H3,(H,15,16). The molecule has 0 radical (unpaired) electrons. The van der Waals surface area contributed by atoms with Crippen molar-refractivity contribution in [3.05, 3.63) is 33.3 Å². The molecule has 0 bridgehead atoms. The number of halogens is 2. The van der Waals surface area contributed by atoms with Crippen LogP contribution in [0.1, 0.15) is 25.0 Å². The molecule has 0 spiro atoms. The van der Waals surface area contributed by atoms with Gasteiger partial charge in [-0.25, -0.2) is 0 Å². The van der Waals surface area contributed by atoms with Gasteiger partial charge in [0.05, 0.1) is 0 Å². The van der Waals surface area contributed by atoms with E-state index in [0.717, 1.165) is 11.1 Å². The number of carbonyl (C=O) groups excluding carboxylic acids is 1. The maximum absolute atomic E-state index is 11.4. The zero-order valence-electron chi connectivity index (χ0n) is 9.60. The summed E-state index contributed by atoms with van der Waals surface area (Å²) in [6, 6.07) is 3.53. The summed E-state index contributed by atoms with van der Waals surface area (Å²) in [4.78, 5) is 11.4. The van der Waals surface area contributed by atoms with Crippen LogP contribution in [-0.4, -0.2) is 5.91 Å². The van der Waals surface area contributed by atoms with Crippen molar-refractivity contribution in [3.63, 3.8) is 0 Å². The molecule has 1 N–H and O–H groups in total. The number of amides is 1. The highest BCUT2D eigenvalue weighted by Crippen LogP contribution is 2.24. The van der Waals surface area contributed by atoms with Gasteiger partial charge in [-0.3, -0.25) is 4.79 Å². The summed E-state index contributed by atoms with van der Waals surface area (Å²) < 4.78 is 0. The Morgan fingerprint density at radius 3 is 2.50 bits per heavy atom. The van der Waals surface area contributed by atoms with Gasteiger partial charge in [0.15, 0.2) is 0 Å². The molecule has 1 aromatic carbocycles. The van der Waals surface area contributed by atoms with Gasteiger partial charge in [0.1, 0.15) is 0 Å². The predicted molar refractivity (Wildman–Crippen MR) is 67.9 cm³/mol. The molecule has 0 saturated heterocycles. The van der Waals surface area contributed by atoms with Crippen LogP contribution in [0, 0.1) is 12.8 Å². The molecular formula is C12H15Cl2NO. The third kappa shape index (κ3) is 3.39. The minimum absolute atomic E-state index is 0.0189. The van der Waals surface area contributed by atoms with E-state index in [9.17, 15) is 4.79 Å². The van der Waals surface area contributed by atoms with Gasteiger partial charge in [-0.1, -0.05) is 37.0 Å². The molecule has 1 rings (SSSR count). The molecular weight excluding hydrogens is 245 g/mol. The predicted octanol–water partition coefficient (Wildman–Crippen LogP) is 3.57. The maximum Gasteiger partial charge on any atom is 0.222 e.